The number of amides is 1. The van der Waals surface area contributed by atoms with Gasteiger partial charge >= 0.3 is 0 Å². The van der Waals surface area contributed by atoms with Crippen LogP contribution in [0.25, 0.3) is 0 Å². The van der Waals surface area contributed by atoms with E-state index >= 15 is 0 Å². The maximum absolute atomic E-state index is 12.4. The van der Waals surface area contributed by atoms with Crippen LogP contribution < -0.4 is 23.8 Å². The Hall–Kier alpha value is -2.94. The summed E-state index contributed by atoms with van der Waals surface area (Å²) < 4.78 is 42.3. The Balaban J connectivity index is 1.83. The molecule has 0 spiro atoms. The minimum Gasteiger partial charge on any atom is -0.497 e. The van der Waals surface area contributed by atoms with Crippen molar-refractivity contribution in [2.45, 2.75) is 39.0 Å². The van der Waals surface area contributed by atoms with Crippen LogP contribution in [0.4, 0.5) is 5.69 Å². The molecule has 0 saturated heterocycles. The molecule has 1 N–H and O–H groups in total. The van der Waals surface area contributed by atoms with Crippen LogP contribution in [-0.4, -0.2) is 54.5 Å². The van der Waals surface area contributed by atoms with Crippen molar-refractivity contribution >= 4 is 21.6 Å². The van der Waals surface area contributed by atoms with Gasteiger partial charge in [-0.3, -0.25) is 9.10 Å². The molecule has 8 nitrogen and oxygen atoms in total. The van der Waals surface area contributed by atoms with E-state index in [2.05, 4.69) is 26.1 Å². The van der Waals surface area contributed by atoms with Gasteiger partial charge in [0.2, 0.25) is 15.9 Å². The van der Waals surface area contributed by atoms with E-state index in [0.717, 1.165) is 12.0 Å². The summed E-state index contributed by atoms with van der Waals surface area (Å²) in [4.78, 5) is 12.2. The lowest BCUT2D eigenvalue weighted by Gasteiger charge is -2.24. The summed E-state index contributed by atoms with van der Waals surface area (Å²) in [7, 11) is -0.614. The van der Waals surface area contributed by atoms with Crippen molar-refractivity contribution < 1.29 is 27.4 Å². The largest absolute Gasteiger partial charge is 0.497 e. The van der Waals surface area contributed by atoms with E-state index in [1.807, 2.05) is 24.3 Å². The number of ether oxygens (including phenoxy) is 3. The fourth-order valence-corrected chi connectivity index (χ4v) is 4.30. The van der Waals surface area contributed by atoms with Crippen LogP contribution in [0.5, 0.6) is 17.2 Å². The van der Waals surface area contributed by atoms with Crippen LogP contribution in [0.1, 0.15) is 39.2 Å². The van der Waals surface area contributed by atoms with Gasteiger partial charge in [-0.2, -0.15) is 0 Å². The van der Waals surface area contributed by atoms with E-state index in [9.17, 15) is 13.2 Å². The molecule has 0 radical (unpaired) electrons. The number of methoxy groups -OCH3 is 2. The molecule has 0 atom stereocenters. The number of hydrogen-bond acceptors (Lipinski definition) is 6. The molecule has 0 aliphatic rings. The Bertz CT molecular complexity index is 1050. The average molecular weight is 493 g/mol. The molecule has 9 heteroatoms. The lowest BCUT2D eigenvalue weighted by molar-refractivity contribution is -0.121. The third-order valence-electron chi connectivity index (χ3n) is 5.23. The smallest absolute Gasteiger partial charge is 0.232 e. The second-order valence-electron chi connectivity index (χ2n) is 8.95. The van der Waals surface area contributed by atoms with Crippen molar-refractivity contribution in [2.24, 2.45) is 0 Å². The Morgan fingerprint density at radius 3 is 2.21 bits per heavy atom. The first-order valence-electron chi connectivity index (χ1n) is 11.2. The maximum Gasteiger partial charge on any atom is 0.232 e. The molecule has 2 aromatic carbocycles. The highest BCUT2D eigenvalue weighted by atomic mass is 32.2. The normalized spacial score (nSPS) is 11.6. The first kappa shape index (κ1) is 27.3. The van der Waals surface area contributed by atoms with E-state index in [-0.39, 0.29) is 24.3 Å². The third-order valence-corrected chi connectivity index (χ3v) is 6.41. The average Bonchev–Trinajstić information content (AvgIpc) is 2.78. The Morgan fingerprint density at radius 1 is 1.00 bits per heavy atom. The molecular weight excluding hydrogens is 456 g/mol. The molecule has 0 aromatic heterocycles. The van der Waals surface area contributed by atoms with Crippen LogP contribution in [0.15, 0.2) is 42.5 Å². The number of rotatable bonds is 12. The molecule has 0 saturated carbocycles. The van der Waals surface area contributed by atoms with Gasteiger partial charge in [-0.1, -0.05) is 32.9 Å². The maximum atomic E-state index is 12.4. The van der Waals surface area contributed by atoms with Crippen molar-refractivity contribution in [3.63, 3.8) is 0 Å². The number of hydrogen-bond donors (Lipinski definition) is 1. The topological polar surface area (TPSA) is 94.2 Å². The number of benzene rings is 2. The van der Waals surface area contributed by atoms with Gasteiger partial charge in [-0.05, 0) is 41.7 Å². The van der Waals surface area contributed by atoms with Crippen molar-refractivity contribution in [3.05, 3.63) is 48.0 Å². The first-order valence-corrected chi connectivity index (χ1v) is 13.0. The SMILES string of the molecule is COc1ccc(OC)c(N(CCCC(=O)NCCOc2ccc(C(C)(C)C)cc2)S(C)(=O)=O)c1. The summed E-state index contributed by atoms with van der Waals surface area (Å²) in [6.45, 7) is 7.30. The number of carbonyl (C=O) groups excluding carboxylic acids is 1. The highest BCUT2D eigenvalue weighted by Gasteiger charge is 2.22. The van der Waals surface area contributed by atoms with Crippen molar-refractivity contribution in [1.82, 2.24) is 5.32 Å². The Morgan fingerprint density at radius 2 is 1.65 bits per heavy atom. The number of nitrogens with zero attached hydrogens (tertiary/aromatic N) is 1. The highest BCUT2D eigenvalue weighted by molar-refractivity contribution is 7.92. The molecule has 0 unspecified atom stereocenters. The predicted octanol–water partition coefficient (Wildman–Crippen LogP) is 3.74. The lowest BCUT2D eigenvalue weighted by Crippen LogP contribution is -2.33. The number of nitrogens with one attached hydrogen (secondary N) is 1. The predicted molar refractivity (Wildman–Crippen MR) is 135 cm³/mol. The Kier molecular flexibility index (Phi) is 9.61. The highest BCUT2D eigenvalue weighted by Crippen LogP contribution is 2.34. The molecule has 2 rings (SSSR count). The summed E-state index contributed by atoms with van der Waals surface area (Å²) in [5.74, 6) is 1.50. The molecule has 188 valence electrons. The van der Waals surface area contributed by atoms with E-state index in [0.29, 0.717) is 36.8 Å². The molecular formula is C25H36N2O6S. The first-order chi connectivity index (χ1) is 16.0. The summed E-state index contributed by atoms with van der Waals surface area (Å²) in [5.41, 5.74) is 1.68. The second kappa shape index (κ2) is 12.0. The summed E-state index contributed by atoms with van der Waals surface area (Å²) >= 11 is 0. The standard InChI is InChI=1S/C25H36N2O6S/c1-25(2,3)19-9-11-20(12-10-19)33-17-15-26-24(28)8-7-16-27(34(6,29)30)22-18-21(31-4)13-14-23(22)32-5/h9-14,18H,7-8,15-17H2,1-6H3,(H,26,28). The molecule has 0 heterocycles. The van der Waals surface area contributed by atoms with Gasteiger partial charge < -0.3 is 19.5 Å². The van der Waals surface area contributed by atoms with Gasteiger partial charge in [0, 0.05) is 19.0 Å². The molecule has 1 amide bonds. The van der Waals surface area contributed by atoms with Gasteiger partial charge in [-0.15, -0.1) is 0 Å². The molecule has 2 aromatic rings. The summed E-state index contributed by atoms with van der Waals surface area (Å²) in [6, 6.07) is 12.9. The van der Waals surface area contributed by atoms with Gasteiger partial charge in [0.1, 0.15) is 23.9 Å². The molecule has 0 fully saturated rings. The lowest BCUT2D eigenvalue weighted by atomic mass is 9.87. The van der Waals surface area contributed by atoms with Crippen molar-refractivity contribution in [2.75, 3.05) is 44.5 Å². The second-order valence-corrected chi connectivity index (χ2v) is 10.9. The van der Waals surface area contributed by atoms with Crippen molar-refractivity contribution in [3.8, 4) is 17.2 Å². The molecule has 0 bridgehead atoms. The fourth-order valence-electron chi connectivity index (χ4n) is 3.34. The van der Waals surface area contributed by atoms with E-state index in [1.165, 1.54) is 24.1 Å². The zero-order valence-corrected chi connectivity index (χ0v) is 21.7. The van der Waals surface area contributed by atoms with Crippen LogP contribution in [0, 0.1) is 0 Å². The van der Waals surface area contributed by atoms with Gasteiger partial charge in [0.25, 0.3) is 0 Å². The van der Waals surface area contributed by atoms with Crippen molar-refractivity contribution in [1.29, 1.82) is 0 Å². The van der Waals surface area contributed by atoms with Gasteiger partial charge in [0.15, 0.2) is 0 Å². The minimum absolute atomic E-state index is 0.0803. The molecule has 0 aliphatic heterocycles. The van der Waals surface area contributed by atoms with Gasteiger partial charge in [0.05, 0.1) is 32.7 Å². The number of sulfonamides is 1. The number of anilines is 1. The van der Waals surface area contributed by atoms with Crippen LogP contribution in [0.3, 0.4) is 0 Å². The van der Waals surface area contributed by atoms with E-state index in [1.54, 1.807) is 18.2 Å². The van der Waals surface area contributed by atoms with E-state index in [4.69, 9.17) is 14.2 Å². The summed E-state index contributed by atoms with van der Waals surface area (Å²) in [6.07, 6.45) is 1.64. The van der Waals surface area contributed by atoms with Gasteiger partial charge in [-0.25, -0.2) is 8.42 Å². The summed E-state index contributed by atoms with van der Waals surface area (Å²) in [5, 5.41) is 2.81. The molecule has 34 heavy (non-hydrogen) atoms. The van der Waals surface area contributed by atoms with Crippen LogP contribution >= 0.6 is 0 Å². The monoisotopic (exact) mass is 492 g/mol. The number of carbonyl (C=O) groups is 1. The quantitative estimate of drug-likeness (QED) is 0.454. The Labute approximate surface area is 203 Å². The molecule has 0 aliphatic carbocycles. The third kappa shape index (κ3) is 8.13. The van der Waals surface area contributed by atoms with E-state index < -0.39 is 10.0 Å². The van der Waals surface area contributed by atoms with Crippen LogP contribution in [0.2, 0.25) is 0 Å². The zero-order valence-electron chi connectivity index (χ0n) is 20.9. The zero-order chi connectivity index (χ0) is 25.4. The van der Waals surface area contributed by atoms with Crippen LogP contribution in [-0.2, 0) is 20.2 Å². The minimum atomic E-state index is -3.59. The fraction of sp³-hybridized carbons (Fsp3) is 0.480.